The van der Waals surface area contributed by atoms with E-state index in [1.807, 2.05) is 0 Å². The maximum absolute atomic E-state index is 13.3. The highest BCUT2D eigenvalue weighted by atomic mass is 19.4. The average Bonchev–Trinajstić information content (AvgIpc) is 3.07. The van der Waals surface area contributed by atoms with Gasteiger partial charge in [-0.1, -0.05) is 6.07 Å². The molecule has 0 aliphatic carbocycles. The van der Waals surface area contributed by atoms with Gasteiger partial charge >= 0.3 is 18.3 Å². The predicted octanol–water partition coefficient (Wildman–Crippen LogP) is 4.93. The van der Waals surface area contributed by atoms with Gasteiger partial charge in [0.05, 0.1) is 17.6 Å². The van der Waals surface area contributed by atoms with Crippen molar-refractivity contribution in [1.82, 2.24) is 9.55 Å². The van der Waals surface area contributed by atoms with Gasteiger partial charge in [0.1, 0.15) is 0 Å². The molecule has 0 atom stereocenters. The number of aryl methyl sites for hydroxylation is 1. The average molecular weight is 419 g/mol. The topological polar surface area (TPSA) is 108 Å². The highest BCUT2D eigenvalue weighted by molar-refractivity contribution is 6.00. The van der Waals surface area contributed by atoms with Gasteiger partial charge in [-0.3, -0.25) is 5.32 Å². The third-order valence-corrected chi connectivity index (χ3v) is 3.88. The number of nitrogens with one attached hydrogen (secondary N) is 3. The van der Waals surface area contributed by atoms with Crippen molar-refractivity contribution in [3.8, 4) is 5.69 Å². The standard InChI is InChI=1S/C19H16F3N5O3/c1-11-9-27(10-23-11)16-6-12(19(20,21)22)5-15(8-16)25-17(28)24-13-3-2-4-14(7-13)26-18(29)30/h2-10,26H,1H3,(H,29,30)(H2,24,25,28). The van der Waals surface area contributed by atoms with E-state index >= 15 is 0 Å². The van der Waals surface area contributed by atoms with Crippen molar-refractivity contribution in [3.63, 3.8) is 0 Å². The summed E-state index contributed by atoms with van der Waals surface area (Å²) in [6.07, 6.45) is -2.96. The van der Waals surface area contributed by atoms with Gasteiger partial charge in [-0.05, 0) is 43.3 Å². The van der Waals surface area contributed by atoms with Gasteiger partial charge in [0.25, 0.3) is 0 Å². The van der Waals surface area contributed by atoms with Crippen LogP contribution in [0.15, 0.2) is 55.0 Å². The Kier molecular flexibility index (Phi) is 5.63. The highest BCUT2D eigenvalue weighted by Gasteiger charge is 2.31. The summed E-state index contributed by atoms with van der Waals surface area (Å²) >= 11 is 0. The van der Waals surface area contributed by atoms with Crippen LogP contribution in [-0.4, -0.2) is 26.8 Å². The summed E-state index contributed by atoms with van der Waals surface area (Å²) in [5.41, 5.74) is 0.244. The molecule has 156 valence electrons. The molecule has 0 fully saturated rings. The second kappa shape index (κ2) is 8.15. The fourth-order valence-corrected chi connectivity index (χ4v) is 2.65. The number of alkyl halides is 3. The quantitative estimate of drug-likeness (QED) is 0.481. The molecule has 0 saturated heterocycles. The van der Waals surface area contributed by atoms with Crippen molar-refractivity contribution in [3.05, 3.63) is 66.2 Å². The molecule has 30 heavy (non-hydrogen) atoms. The SMILES string of the molecule is Cc1cn(-c2cc(NC(=O)Nc3cccc(NC(=O)O)c3)cc(C(F)(F)F)c2)cn1. The van der Waals surface area contributed by atoms with Gasteiger partial charge in [-0.15, -0.1) is 0 Å². The first-order valence-corrected chi connectivity index (χ1v) is 8.51. The minimum absolute atomic E-state index is 0.0801. The molecular formula is C19H16F3N5O3. The molecule has 2 aromatic carbocycles. The first-order valence-electron chi connectivity index (χ1n) is 8.51. The Morgan fingerprint density at radius 3 is 2.27 bits per heavy atom. The van der Waals surface area contributed by atoms with E-state index in [9.17, 15) is 22.8 Å². The van der Waals surface area contributed by atoms with Gasteiger partial charge in [-0.2, -0.15) is 13.2 Å². The molecule has 0 unspecified atom stereocenters. The zero-order chi connectivity index (χ0) is 21.9. The third-order valence-electron chi connectivity index (χ3n) is 3.88. The third kappa shape index (κ3) is 5.28. The van der Waals surface area contributed by atoms with E-state index < -0.39 is 23.9 Å². The Bertz CT molecular complexity index is 1100. The van der Waals surface area contributed by atoms with Crippen LogP contribution in [0.25, 0.3) is 5.69 Å². The van der Waals surface area contributed by atoms with E-state index in [0.29, 0.717) is 5.69 Å². The lowest BCUT2D eigenvalue weighted by molar-refractivity contribution is -0.137. The number of amides is 3. The number of carbonyl (C=O) groups excluding carboxylic acids is 1. The fraction of sp³-hybridized carbons (Fsp3) is 0.105. The first kappa shape index (κ1) is 20.7. The van der Waals surface area contributed by atoms with Gasteiger partial charge in [0, 0.05) is 28.9 Å². The molecule has 0 radical (unpaired) electrons. The number of nitrogens with zero attached hydrogens (tertiary/aromatic N) is 2. The van der Waals surface area contributed by atoms with Crippen molar-refractivity contribution >= 4 is 29.2 Å². The monoisotopic (exact) mass is 419 g/mol. The van der Waals surface area contributed by atoms with E-state index in [0.717, 1.165) is 12.1 Å². The molecule has 0 bridgehead atoms. The second-order valence-corrected chi connectivity index (χ2v) is 6.28. The zero-order valence-corrected chi connectivity index (χ0v) is 15.5. The van der Waals surface area contributed by atoms with Crippen LogP contribution in [0.4, 0.5) is 39.8 Å². The molecule has 4 N–H and O–H groups in total. The van der Waals surface area contributed by atoms with E-state index in [4.69, 9.17) is 5.11 Å². The molecule has 3 rings (SSSR count). The number of aromatic nitrogens is 2. The number of halogens is 3. The summed E-state index contributed by atoms with van der Waals surface area (Å²) in [5.74, 6) is 0. The zero-order valence-electron chi connectivity index (χ0n) is 15.5. The molecule has 1 heterocycles. The van der Waals surface area contributed by atoms with Crippen LogP contribution in [0.5, 0.6) is 0 Å². The van der Waals surface area contributed by atoms with Crippen LogP contribution >= 0.6 is 0 Å². The number of urea groups is 1. The number of carbonyl (C=O) groups is 2. The van der Waals surface area contributed by atoms with E-state index in [1.54, 1.807) is 13.1 Å². The lowest BCUT2D eigenvalue weighted by Crippen LogP contribution is -2.20. The van der Waals surface area contributed by atoms with Gasteiger partial charge in [0.15, 0.2) is 0 Å². The molecule has 11 heteroatoms. The Labute approximate surface area is 168 Å². The van der Waals surface area contributed by atoms with Crippen molar-refractivity contribution in [1.29, 1.82) is 0 Å². The molecule has 0 saturated carbocycles. The lowest BCUT2D eigenvalue weighted by Gasteiger charge is -2.14. The fourth-order valence-electron chi connectivity index (χ4n) is 2.65. The smallest absolute Gasteiger partial charge is 0.416 e. The Morgan fingerprint density at radius 1 is 1.00 bits per heavy atom. The molecule has 0 aliphatic rings. The summed E-state index contributed by atoms with van der Waals surface area (Å²) in [7, 11) is 0. The van der Waals surface area contributed by atoms with Gasteiger partial charge in [-0.25, -0.2) is 14.6 Å². The minimum atomic E-state index is -4.62. The maximum Gasteiger partial charge on any atom is 0.416 e. The number of carboxylic acid groups (broad SMARTS) is 1. The van der Waals surface area contributed by atoms with Crippen LogP contribution in [-0.2, 0) is 6.18 Å². The van der Waals surface area contributed by atoms with Gasteiger partial charge in [0.2, 0.25) is 0 Å². The van der Waals surface area contributed by atoms with Gasteiger partial charge < -0.3 is 20.3 Å². The molecule has 8 nitrogen and oxygen atoms in total. The van der Waals surface area contributed by atoms with Crippen LogP contribution in [0.3, 0.4) is 0 Å². The summed E-state index contributed by atoms with van der Waals surface area (Å²) in [6, 6.07) is 8.18. The summed E-state index contributed by atoms with van der Waals surface area (Å²) < 4.78 is 41.3. The number of rotatable bonds is 4. The number of imidazole rings is 1. The molecule has 3 amide bonds. The molecule has 1 aromatic heterocycles. The summed E-state index contributed by atoms with van der Waals surface area (Å²) in [5, 5.41) is 15.7. The number of anilines is 3. The Morgan fingerprint density at radius 2 is 1.67 bits per heavy atom. The highest BCUT2D eigenvalue weighted by Crippen LogP contribution is 2.33. The van der Waals surface area contributed by atoms with E-state index in [-0.39, 0.29) is 22.7 Å². The van der Waals surface area contributed by atoms with Crippen molar-refractivity contribution in [2.24, 2.45) is 0 Å². The minimum Gasteiger partial charge on any atom is -0.465 e. The van der Waals surface area contributed by atoms with Crippen LogP contribution in [0.2, 0.25) is 0 Å². The first-order chi connectivity index (χ1) is 14.1. The van der Waals surface area contributed by atoms with Crippen molar-refractivity contribution in [2.75, 3.05) is 16.0 Å². The van der Waals surface area contributed by atoms with Crippen molar-refractivity contribution in [2.45, 2.75) is 13.1 Å². The number of benzene rings is 2. The molecule has 0 spiro atoms. The molecular weight excluding hydrogens is 403 g/mol. The molecule has 3 aromatic rings. The number of hydrogen-bond acceptors (Lipinski definition) is 3. The summed E-state index contributed by atoms with van der Waals surface area (Å²) in [4.78, 5) is 27.0. The van der Waals surface area contributed by atoms with Crippen LogP contribution < -0.4 is 16.0 Å². The number of hydrogen-bond donors (Lipinski definition) is 4. The lowest BCUT2D eigenvalue weighted by atomic mass is 10.1. The predicted molar refractivity (Wildman–Crippen MR) is 104 cm³/mol. The largest absolute Gasteiger partial charge is 0.465 e. The summed E-state index contributed by atoms with van der Waals surface area (Å²) in [6.45, 7) is 1.70. The normalized spacial score (nSPS) is 11.1. The molecule has 0 aliphatic heterocycles. The van der Waals surface area contributed by atoms with E-state index in [2.05, 4.69) is 20.9 Å². The van der Waals surface area contributed by atoms with Crippen LogP contribution in [0.1, 0.15) is 11.3 Å². The maximum atomic E-state index is 13.3. The van der Waals surface area contributed by atoms with Crippen molar-refractivity contribution < 1.29 is 27.9 Å². The van der Waals surface area contributed by atoms with E-state index in [1.165, 1.54) is 41.2 Å². The Hall–Kier alpha value is -4.02. The Balaban J connectivity index is 1.83. The second-order valence-electron chi connectivity index (χ2n) is 6.28. The van der Waals surface area contributed by atoms with Crippen LogP contribution in [0, 0.1) is 6.92 Å².